The maximum absolute atomic E-state index is 9.89. The summed E-state index contributed by atoms with van der Waals surface area (Å²) in [7, 11) is 0. The van der Waals surface area contributed by atoms with Crippen LogP contribution in [0.5, 0.6) is 0 Å². The minimum Gasteiger partial charge on any atom is -0.392 e. The average Bonchev–Trinajstić information content (AvgIpc) is 2.77. The number of nitrogens with one attached hydrogen (secondary N) is 1. The highest BCUT2D eigenvalue weighted by atomic mass is 32.2. The van der Waals surface area contributed by atoms with Crippen molar-refractivity contribution in [2.75, 3.05) is 11.9 Å². The molecule has 0 aromatic carbocycles. The van der Waals surface area contributed by atoms with E-state index in [1.54, 1.807) is 17.8 Å². The number of thioether (sulfide) groups is 1. The molecule has 0 amide bonds. The summed E-state index contributed by atoms with van der Waals surface area (Å²) in [6, 6.07) is 0. The Balaban J connectivity index is 1.89. The molecule has 0 radical (unpaired) electrons. The summed E-state index contributed by atoms with van der Waals surface area (Å²) in [5.74, 6) is 0. The number of aliphatic hydroxyl groups is 1. The minimum absolute atomic E-state index is 0.192. The van der Waals surface area contributed by atoms with E-state index >= 15 is 0 Å². The Morgan fingerprint density at radius 2 is 2.29 bits per heavy atom. The normalized spacial score (nSPS) is 24.5. The number of hydrogen-bond donors (Lipinski definition) is 2. The Morgan fingerprint density at radius 1 is 1.47 bits per heavy atom. The van der Waals surface area contributed by atoms with Gasteiger partial charge in [-0.2, -0.15) is 0 Å². The number of rotatable bonds is 5. The Morgan fingerprint density at radius 3 is 3.06 bits per heavy atom. The van der Waals surface area contributed by atoms with Gasteiger partial charge in [0.2, 0.25) is 5.13 Å². The second kappa shape index (κ2) is 6.37. The lowest BCUT2D eigenvalue weighted by Gasteiger charge is -2.25. The summed E-state index contributed by atoms with van der Waals surface area (Å²) in [6.07, 6.45) is 5.93. The quantitative estimate of drug-likeness (QED) is 0.806. The molecule has 0 bridgehead atoms. The van der Waals surface area contributed by atoms with Crippen molar-refractivity contribution in [3.8, 4) is 0 Å². The van der Waals surface area contributed by atoms with Crippen LogP contribution >= 0.6 is 23.1 Å². The molecule has 1 aromatic heterocycles. The summed E-state index contributed by atoms with van der Waals surface area (Å²) >= 11 is 3.20. The van der Waals surface area contributed by atoms with E-state index in [1.165, 1.54) is 17.8 Å². The maximum Gasteiger partial charge on any atom is 0.206 e. The van der Waals surface area contributed by atoms with Crippen LogP contribution in [-0.4, -0.2) is 33.2 Å². The highest BCUT2D eigenvalue weighted by molar-refractivity contribution is 8.01. The average molecular weight is 271 g/mol. The van der Waals surface area contributed by atoms with Crippen LogP contribution in [0, 0.1) is 0 Å². The predicted molar refractivity (Wildman–Crippen MR) is 72.7 cm³/mol. The van der Waals surface area contributed by atoms with Gasteiger partial charge in [-0.1, -0.05) is 42.0 Å². The van der Waals surface area contributed by atoms with Crippen molar-refractivity contribution in [3.05, 3.63) is 12.7 Å². The van der Waals surface area contributed by atoms with Crippen LogP contribution in [0.15, 0.2) is 17.0 Å². The van der Waals surface area contributed by atoms with E-state index < -0.39 is 0 Å². The molecule has 0 spiro atoms. The SMILES string of the molecule is C=CCNc1nnc(S[C@@H]2CCCC[C@@H]2O)s1. The van der Waals surface area contributed by atoms with Gasteiger partial charge in [0.1, 0.15) is 0 Å². The van der Waals surface area contributed by atoms with Gasteiger partial charge < -0.3 is 10.4 Å². The molecule has 0 saturated heterocycles. The van der Waals surface area contributed by atoms with Crippen molar-refractivity contribution in [1.82, 2.24) is 10.2 Å². The summed E-state index contributed by atoms with van der Waals surface area (Å²) in [5, 5.41) is 22.3. The fourth-order valence-corrected chi connectivity index (χ4v) is 4.04. The first-order chi connectivity index (χ1) is 8.29. The monoisotopic (exact) mass is 271 g/mol. The third kappa shape index (κ3) is 3.69. The van der Waals surface area contributed by atoms with Gasteiger partial charge in [0.25, 0.3) is 0 Å². The molecular formula is C11H17N3OS2. The Bertz CT molecular complexity index is 369. The van der Waals surface area contributed by atoms with Gasteiger partial charge in [-0.3, -0.25) is 0 Å². The largest absolute Gasteiger partial charge is 0.392 e. The highest BCUT2D eigenvalue weighted by Gasteiger charge is 2.25. The first kappa shape index (κ1) is 12.9. The lowest BCUT2D eigenvalue weighted by atomic mass is 9.97. The number of aliphatic hydroxyl groups excluding tert-OH is 1. The van der Waals surface area contributed by atoms with Crippen LogP contribution < -0.4 is 5.32 Å². The molecule has 1 heterocycles. The first-order valence-corrected chi connectivity index (χ1v) is 7.52. The third-order valence-corrected chi connectivity index (χ3v) is 5.07. The van der Waals surface area contributed by atoms with Gasteiger partial charge in [-0.25, -0.2) is 0 Å². The molecule has 1 fully saturated rings. The van der Waals surface area contributed by atoms with Gasteiger partial charge in [-0.05, 0) is 12.8 Å². The highest BCUT2D eigenvalue weighted by Crippen LogP contribution is 2.36. The molecule has 0 aliphatic heterocycles. The van der Waals surface area contributed by atoms with Gasteiger partial charge in [0, 0.05) is 11.8 Å². The van der Waals surface area contributed by atoms with E-state index in [4.69, 9.17) is 0 Å². The molecule has 1 aliphatic rings. The molecule has 94 valence electrons. The van der Waals surface area contributed by atoms with Crippen LogP contribution in [0.4, 0.5) is 5.13 Å². The third-order valence-electron chi connectivity index (χ3n) is 2.72. The zero-order chi connectivity index (χ0) is 12.1. The molecule has 1 aromatic rings. The molecule has 0 unspecified atom stereocenters. The van der Waals surface area contributed by atoms with E-state index in [9.17, 15) is 5.11 Å². The fraction of sp³-hybridized carbons (Fsp3) is 0.636. The second-order valence-electron chi connectivity index (χ2n) is 4.05. The molecule has 4 nitrogen and oxygen atoms in total. The molecule has 17 heavy (non-hydrogen) atoms. The van der Waals surface area contributed by atoms with E-state index in [-0.39, 0.29) is 11.4 Å². The molecule has 6 heteroatoms. The van der Waals surface area contributed by atoms with Crippen molar-refractivity contribution in [2.45, 2.75) is 41.4 Å². The molecule has 1 saturated carbocycles. The Hall–Kier alpha value is -0.590. The topological polar surface area (TPSA) is 58.0 Å². The van der Waals surface area contributed by atoms with Gasteiger partial charge >= 0.3 is 0 Å². The zero-order valence-corrected chi connectivity index (χ0v) is 11.3. The van der Waals surface area contributed by atoms with E-state index in [0.29, 0.717) is 6.54 Å². The van der Waals surface area contributed by atoms with E-state index in [2.05, 4.69) is 22.1 Å². The number of nitrogens with zero attached hydrogens (tertiary/aromatic N) is 2. The summed E-state index contributed by atoms with van der Waals surface area (Å²) in [6.45, 7) is 4.34. The van der Waals surface area contributed by atoms with Crippen molar-refractivity contribution in [2.24, 2.45) is 0 Å². The smallest absolute Gasteiger partial charge is 0.206 e. The number of aromatic nitrogens is 2. The standard InChI is InChI=1S/C11H17N3OS2/c1-2-7-12-10-13-14-11(17-10)16-9-6-4-3-5-8(9)15/h2,8-9,15H,1,3-7H2,(H,12,13)/t8-,9+/m0/s1. The molecule has 2 N–H and O–H groups in total. The summed E-state index contributed by atoms with van der Waals surface area (Å²) < 4.78 is 0.933. The van der Waals surface area contributed by atoms with Crippen LogP contribution in [0.1, 0.15) is 25.7 Å². The van der Waals surface area contributed by atoms with E-state index in [0.717, 1.165) is 28.7 Å². The Labute approximate surface area is 110 Å². The van der Waals surface area contributed by atoms with Crippen LogP contribution in [0.2, 0.25) is 0 Å². The predicted octanol–water partition coefficient (Wildman–Crippen LogP) is 2.53. The molecule has 2 rings (SSSR count). The number of hydrogen-bond acceptors (Lipinski definition) is 6. The van der Waals surface area contributed by atoms with Crippen LogP contribution in [0.3, 0.4) is 0 Å². The summed E-state index contributed by atoms with van der Waals surface area (Å²) in [4.78, 5) is 0. The van der Waals surface area contributed by atoms with E-state index in [1.807, 2.05) is 0 Å². The first-order valence-electron chi connectivity index (χ1n) is 5.82. The van der Waals surface area contributed by atoms with Gasteiger partial charge in [-0.15, -0.1) is 16.8 Å². The lowest BCUT2D eigenvalue weighted by molar-refractivity contribution is 0.137. The van der Waals surface area contributed by atoms with Crippen molar-refractivity contribution < 1.29 is 5.11 Å². The van der Waals surface area contributed by atoms with Crippen LogP contribution in [-0.2, 0) is 0 Å². The van der Waals surface area contributed by atoms with Gasteiger partial charge in [0.05, 0.1) is 6.10 Å². The Kier molecular flexibility index (Phi) is 4.82. The number of anilines is 1. The van der Waals surface area contributed by atoms with Crippen molar-refractivity contribution in [3.63, 3.8) is 0 Å². The summed E-state index contributed by atoms with van der Waals surface area (Å²) in [5.41, 5.74) is 0. The maximum atomic E-state index is 9.89. The second-order valence-corrected chi connectivity index (χ2v) is 6.51. The van der Waals surface area contributed by atoms with Crippen molar-refractivity contribution >= 4 is 28.2 Å². The fourth-order valence-electron chi connectivity index (χ4n) is 1.83. The van der Waals surface area contributed by atoms with Crippen LogP contribution in [0.25, 0.3) is 0 Å². The minimum atomic E-state index is -0.192. The molecule has 2 atom stereocenters. The molecule has 1 aliphatic carbocycles. The van der Waals surface area contributed by atoms with Gasteiger partial charge in [0.15, 0.2) is 4.34 Å². The zero-order valence-electron chi connectivity index (χ0n) is 9.63. The molecular weight excluding hydrogens is 254 g/mol. The lowest BCUT2D eigenvalue weighted by Crippen LogP contribution is -2.26. The van der Waals surface area contributed by atoms with Crippen molar-refractivity contribution in [1.29, 1.82) is 0 Å².